The fourth-order valence-electron chi connectivity index (χ4n) is 4.74. The molecular weight excluding hydrogens is 524 g/mol. The molecule has 3 aliphatic rings. The maximum absolute atomic E-state index is 12.0. The maximum atomic E-state index is 12.0. The van der Waals surface area contributed by atoms with Crippen molar-refractivity contribution < 1.29 is 64.7 Å². The molecule has 0 aliphatic carbocycles. The number of phenolic OH excluding ortho intramolecular Hbond substituents is 1. The van der Waals surface area contributed by atoms with Crippen molar-refractivity contribution in [3.05, 3.63) is 41.1 Å². The van der Waals surface area contributed by atoms with Crippen LogP contribution in [0.5, 0.6) is 11.5 Å². The molecule has 39 heavy (non-hydrogen) atoms. The van der Waals surface area contributed by atoms with Gasteiger partial charge in [-0.2, -0.15) is 0 Å². The number of nitrogens with one attached hydrogen (secondary N) is 1. The number of aliphatic carboxylic acids is 3. The molecule has 0 radical (unpaired) electrons. The first kappa shape index (κ1) is 28.1. The molecule has 0 unspecified atom stereocenters. The third-order valence-electron chi connectivity index (χ3n) is 6.81. The molecule has 1 saturated heterocycles. The van der Waals surface area contributed by atoms with Crippen molar-refractivity contribution in [1.82, 2.24) is 5.32 Å². The summed E-state index contributed by atoms with van der Waals surface area (Å²) in [6, 6.07) is 0.294. The van der Waals surface area contributed by atoms with E-state index in [4.69, 9.17) is 9.47 Å². The van der Waals surface area contributed by atoms with Gasteiger partial charge >= 0.3 is 17.9 Å². The Labute approximate surface area is 220 Å². The highest BCUT2D eigenvalue weighted by molar-refractivity contribution is 5.89. The zero-order valence-corrected chi connectivity index (χ0v) is 20.2. The van der Waals surface area contributed by atoms with Crippen molar-refractivity contribution >= 4 is 23.6 Å². The van der Waals surface area contributed by atoms with Crippen LogP contribution >= 0.6 is 0 Å². The minimum atomic E-state index is -1.75. The summed E-state index contributed by atoms with van der Waals surface area (Å²) in [4.78, 5) is 36.3. The van der Waals surface area contributed by atoms with Crippen LogP contribution in [0.25, 0.3) is 0 Å². The van der Waals surface area contributed by atoms with Crippen LogP contribution < -0.4 is 15.0 Å². The van der Waals surface area contributed by atoms with E-state index in [1.165, 1.54) is 29.2 Å². The zero-order chi connectivity index (χ0) is 28.6. The zero-order valence-electron chi connectivity index (χ0n) is 20.2. The first-order valence-electron chi connectivity index (χ1n) is 11.9. The van der Waals surface area contributed by atoms with E-state index in [-0.39, 0.29) is 30.8 Å². The number of rotatable bonds is 8. The molecule has 15 nitrogen and oxygen atoms in total. The number of aromatic hydroxyl groups is 1. The number of aliphatic hydroxyl groups excluding tert-OH is 4. The van der Waals surface area contributed by atoms with Gasteiger partial charge in [-0.25, -0.2) is 14.4 Å². The van der Waals surface area contributed by atoms with E-state index in [1.807, 2.05) is 0 Å². The summed E-state index contributed by atoms with van der Waals surface area (Å²) in [5.74, 6) is -4.47. The van der Waals surface area contributed by atoms with Gasteiger partial charge in [0.2, 0.25) is 6.29 Å². The normalized spacial score (nSPS) is 31.3. The molecule has 3 aliphatic heterocycles. The standard InChI is InChI=1S/C24H28N2O13/c27-8-17-18(29)19(30)20(31)24(39-17)38-16-7-13-10(6-15(16)28)5-14(23(36)37)26(13)2-1-9-3-11(21(32)33)25-12(4-9)22(34)35/h1,3,6-7,12,14,17-20,24-25,27-31H,2,4-5,8H2,(H,32,33)(H,34,35)(H,36,37)/b9-1+/t12-,14-,17+,18+,19-,20+,24+/m0/s1. The van der Waals surface area contributed by atoms with Crippen LogP contribution in [-0.2, 0) is 25.5 Å². The van der Waals surface area contributed by atoms with E-state index < -0.39 is 73.1 Å². The molecule has 0 bridgehead atoms. The average Bonchev–Trinajstić information content (AvgIpc) is 3.24. The number of carboxylic acid groups (broad SMARTS) is 3. The van der Waals surface area contributed by atoms with Crippen LogP contribution in [0.1, 0.15) is 12.0 Å². The Morgan fingerprint density at radius 1 is 1.05 bits per heavy atom. The van der Waals surface area contributed by atoms with E-state index in [2.05, 4.69) is 5.32 Å². The van der Waals surface area contributed by atoms with E-state index in [0.29, 0.717) is 16.8 Å². The van der Waals surface area contributed by atoms with Crippen molar-refractivity contribution in [2.75, 3.05) is 18.1 Å². The van der Waals surface area contributed by atoms with Gasteiger partial charge in [0.1, 0.15) is 42.2 Å². The van der Waals surface area contributed by atoms with Gasteiger partial charge in [-0.05, 0) is 23.3 Å². The summed E-state index contributed by atoms with van der Waals surface area (Å²) in [6.45, 7) is -0.765. The Bertz CT molecular complexity index is 1210. The lowest BCUT2D eigenvalue weighted by atomic mass is 9.99. The van der Waals surface area contributed by atoms with Gasteiger partial charge in [0.25, 0.3) is 0 Å². The first-order valence-corrected chi connectivity index (χ1v) is 11.9. The summed E-state index contributed by atoms with van der Waals surface area (Å²) in [5, 5.41) is 81.0. The maximum Gasteiger partial charge on any atom is 0.351 e. The number of aliphatic hydroxyl groups is 4. The average molecular weight is 552 g/mol. The molecule has 212 valence electrons. The molecule has 4 rings (SSSR count). The van der Waals surface area contributed by atoms with E-state index in [9.17, 15) is 55.2 Å². The molecular formula is C24H28N2O13. The van der Waals surface area contributed by atoms with Gasteiger partial charge in [-0.15, -0.1) is 0 Å². The van der Waals surface area contributed by atoms with Crippen LogP contribution in [0.3, 0.4) is 0 Å². The lowest BCUT2D eigenvalue weighted by molar-refractivity contribution is -0.277. The first-order chi connectivity index (χ1) is 18.4. The van der Waals surface area contributed by atoms with Gasteiger partial charge in [0.05, 0.1) is 6.61 Å². The molecule has 3 heterocycles. The quantitative estimate of drug-likeness (QED) is 0.165. The summed E-state index contributed by atoms with van der Waals surface area (Å²) >= 11 is 0. The van der Waals surface area contributed by atoms with Crippen molar-refractivity contribution in [3.8, 4) is 11.5 Å². The Balaban J connectivity index is 1.62. The van der Waals surface area contributed by atoms with Crippen molar-refractivity contribution in [1.29, 1.82) is 0 Å². The van der Waals surface area contributed by atoms with Crippen LogP contribution in [0, 0.1) is 0 Å². The number of fused-ring (bicyclic) bond motifs is 1. The highest BCUT2D eigenvalue weighted by atomic mass is 16.7. The smallest absolute Gasteiger partial charge is 0.351 e. The third-order valence-corrected chi connectivity index (χ3v) is 6.81. The fraction of sp³-hybridized carbons (Fsp3) is 0.458. The predicted octanol–water partition coefficient (Wildman–Crippen LogP) is -2.27. The van der Waals surface area contributed by atoms with Gasteiger partial charge in [-0.3, -0.25) is 0 Å². The number of phenols is 1. The van der Waals surface area contributed by atoms with Gasteiger partial charge < -0.3 is 60.5 Å². The molecule has 0 spiro atoms. The molecule has 15 heteroatoms. The number of allylic oxidation sites excluding steroid dienone is 1. The number of carboxylic acids is 3. The third kappa shape index (κ3) is 5.62. The molecule has 1 aromatic carbocycles. The minimum absolute atomic E-state index is 0.00273. The van der Waals surface area contributed by atoms with Crippen molar-refractivity contribution in [2.45, 2.75) is 55.6 Å². The van der Waals surface area contributed by atoms with Crippen LogP contribution in [-0.4, -0.2) is 115 Å². The van der Waals surface area contributed by atoms with Crippen LogP contribution in [0.2, 0.25) is 0 Å². The van der Waals surface area contributed by atoms with E-state index in [0.717, 1.165) is 0 Å². The summed E-state index contributed by atoms with van der Waals surface area (Å²) in [7, 11) is 0. The van der Waals surface area contributed by atoms with Crippen LogP contribution in [0.4, 0.5) is 5.69 Å². The largest absolute Gasteiger partial charge is 0.504 e. The summed E-state index contributed by atoms with van der Waals surface area (Å²) < 4.78 is 10.9. The van der Waals surface area contributed by atoms with Crippen molar-refractivity contribution in [2.24, 2.45) is 0 Å². The lowest BCUT2D eigenvalue weighted by Gasteiger charge is -2.39. The molecule has 1 aromatic rings. The second kappa shape index (κ2) is 11.1. The number of anilines is 1. The summed E-state index contributed by atoms with van der Waals surface area (Å²) in [5.41, 5.74) is 0.794. The number of ether oxygens (including phenoxy) is 2. The fourth-order valence-corrected chi connectivity index (χ4v) is 4.74. The highest BCUT2D eigenvalue weighted by Crippen LogP contribution is 2.41. The van der Waals surface area contributed by atoms with E-state index >= 15 is 0 Å². The van der Waals surface area contributed by atoms with Gasteiger partial charge in [0, 0.05) is 31.1 Å². The molecule has 0 amide bonds. The van der Waals surface area contributed by atoms with Gasteiger partial charge in [0.15, 0.2) is 11.5 Å². The SMILES string of the molecule is O=C(O)C1=C/C(=C\CN2c3cc(O[C@@H]4O[C@H](CO)[C@@H](O)[C@H](O)[C@H]4O)c(O)cc3C[C@H]2C(=O)O)C[C@@H](C(=O)O)N1. The lowest BCUT2D eigenvalue weighted by Crippen LogP contribution is -2.60. The number of carbonyl (C=O) groups is 3. The number of hydrogen-bond donors (Lipinski definition) is 9. The van der Waals surface area contributed by atoms with Crippen LogP contribution in [0.15, 0.2) is 35.6 Å². The predicted molar refractivity (Wildman–Crippen MR) is 128 cm³/mol. The Hall–Kier alpha value is -3.89. The number of hydrogen-bond acceptors (Lipinski definition) is 12. The second-order valence-corrected chi connectivity index (χ2v) is 9.36. The summed E-state index contributed by atoms with van der Waals surface area (Å²) in [6.07, 6.45) is -5.23. The van der Waals surface area contributed by atoms with Gasteiger partial charge in [-0.1, -0.05) is 6.08 Å². The minimum Gasteiger partial charge on any atom is -0.504 e. The highest BCUT2D eigenvalue weighted by Gasteiger charge is 2.45. The molecule has 9 N–H and O–H groups in total. The number of nitrogens with zero attached hydrogens (tertiary/aromatic N) is 1. The monoisotopic (exact) mass is 552 g/mol. The molecule has 0 saturated carbocycles. The molecule has 0 aromatic heterocycles. The molecule has 1 fully saturated rings. The molecule has 7 atom stereocenters. The topological polar surface area (TPSA) is 247 Å². The van der Waals surface area contributed by atoms with E-state index in [1.54, 1.807) is 0 Å². The Morgan fingerprint density at radius 2 is 1.77 bits per heavy atom. The Kier molecular flexibility index (Phi) is 7.99. The Morgan fingerprint density at radius 3 is 2.38 bits per heavy atom. The second-order valence-electron chi connectivity index (χ2n) is 9.36. The number of benzene rings is 1. The van der Waals surface area contributed by atoms with Crippen molar-refractivity contribution in [3.63, 3.8) is 0 Å².